The number of anilines is 1. The van der Waals surface area contributed by atoms with Crippen molar-refractivity contribution >= 4 is 47.0 Å². The summed E-state index contributed by atoms with van der Waals surface area (Å²) in [4.78, 5) is 63.8. The molecule has 4 aromatic carbocycles. The molecule has 9 heteroatoms. The molecular weight excluding hydrogens is 542 g/mol. The Morgan fingerprint density at radius 1 is 0.780 bits per heavy atom. The van der Waals surface area contributed by atoms with Crippen molar-refractivity contribution in [2.75, 3.05) is 11.5 Å². The highest BCUT2D eigenvalue weighted by Gasteiger charge is 2.40. The Labute approximate surface area is 239 Å². The molecular formula is C32H23NO7S. The number of esters is 1. The van der Waals surface area contributed by atoms with E-state index in [-0.39, 0.29) is 29.0 Å². The van der Waals surface area contributed by atoms with Crippen LogP contribution in [0.5, 0.6) is 0 Å². The quantitative estimate of drug-likeness (QED) is 0.160. The number of carboxylic acids is 1. The molecule has 1 atom stereocenters. The second-order valence-electron chi connectivity index (χ2n) is 9.17. The summed E-state index contributed by atoms with van der Waals surface area (Å²) in [6.45, 7) is -0.439. The highest BCUT2D eigenvalue weighted by Crippen LogP contribution is 2.35. The lowest BCUT2D eigenvalue weighted by Gasteiger charge is -2.15. The van der Waals surface area contributed by atoms with Crippen LogP contribution in [-0.2, 0) is 14.3 Å². The molecule has 1 N–H and O–H groups in total. The largest absolute Gasteiger partial charge is 0.478 e. The molecule has 2 amide bonds. The number of aromatic carboxylic acids is 1. The van der Waals surface area contributed by atoms with Gasteiger partial charge in [-0.25, -0.2) is 14.5 Å². The molecule has 0 bridgehead atoms. The summed E-state index contributed by atoms with van der Waals surface area (Å²) < 4.78 is 5.19. The van der Waals surface area contributed by atoms with Gasteiger partial charge in [0.1, 0.15) is 0 Å². The number of ketones is 1. The van der Waals surface area contributed by atoms with Crippen LogP contribution in [0.2, 0.25) is 0 Å². The van der Waals surface area contributed by atoms with Gasteiger partial charge in [0.25, 0.3) is 0 Å². The monoisotopic (exact) mass is 565 g/mol. The number of hydrogen-bond acceptors (Lipinski definition) is 7. The molecule has 4 aromatic rings. The number of hydrogen-bond donors (Lipinski definition) is 1. The summed E-state index contributed by atoms with van der Waals surface area (Å²) in [6.07, 6.45) is -0.0876. The number of carbonyl (C=O) groups is 5. The lowest BCUT2D eigenvalue weighted by Crippen LogP contribution is -2.31. The van der Waals surface area contributed by atoms with Crippen molar-refractivity contribution in [3.63, 3.8) is 0 Å². The molecule has 0 aliphatic carbocycles. The zero-order valence-corrected chi connectivity index (χ0v) is 22.4. The van der Waals surface area contributed by atoms with E-state index in [0.29, 0.717) is 10.5 Å². The van der Waals surface area contributed by atoms with E-state index in [2.05, 4.69) is 0 Å². The first-order valence-corrected chi connectivity index (χ1v) is 13.5. The molecule has 1 fully saturated rings. The number of Topliss-reactive ketones (excluding diaryl/α,β-unsaturated/α-hetero) is 1. The Morgan fingerprint density at radius 2 is 1.39 bits per heavy atom. The van der Waals surface area contributed by atoms with Gasteiger partial charge in [-0.1, -0.05) is 66.7 Å². The van der Waals surface area contributed by atoms with E-state index in [1.54, 1.807) is 30.3 Å². The summed E-state index contributed by atoms with van der Waals surface area (Å²) in [5.74, 6) is -3.09. The van der Waals surface area contributed by atoms with Gasteiger partial charge in [-0.3, -0.25) is 14.4 Å². The number of amides is 2. The van der Waals surface area contributed by atoms with Crippen molar-refractivity contribution in [2.45, 2.75) is 16.6 Å². The summed E-state index contributed by atoms with van der Waals surface area (Å²) in [6, 6.07) is 28.8. The molecule has 8 nitrogen and oxygen atoms in total. The first kappa shape index (κ1) is 27.5. The van der Waals surface area contributed by atoms with Crippen LogP contribution >= 0.6 is 11.8 Å². The molecule has 5 rings (SSSR count). The molecule has 0 radical (unpaired) electrons. The van der Waals surface area contributed by atoms with Crippen LogP contribution in [0.1, 0.15) is 37.5 Å². The fraction of sp³-hybridized carbons (Fsp3) is 0.0938. The van der Waals surface area contributed by atoms with E-state index in [4.69, 9.17) is 4.74 Å². The number of thioether (sulfide) groups is 1. The normalized spacial score (nSPS) is 14.6. The smallest absolute Gasteiger partial charge is 0.338 e. The van der Waals surface area contributed by atoms with E-state index in [9.17, 15) is 29.1 Å². The highest BCUT2D eigenvalue weighted by molar-refractivity contribution is 8.00. The molecule has 41 heavy (non-hydrogen) atoms. The maximum absolute atomic E-state index is 13.0. The third-order valence-electron chi connectivity index (χ3n) is 6.50. The Bertz CT molecular complexity index is 1630. The van der Waals surface area contributed by atoms with E-state index >= 15 is 0 Å². The third kappa shape index (κ3) is 6.10. The van der Waals surface area contributed by atoms with Crippen molar-refractivity contribution in [1.82, 2.24) is 0 Å². The number of benzene rings is 4. The first-order chi connectivity index (χ1) is 19.8. The fourth-order valence-corrected chi connectivity index (χ4v) is 5.57. The number of imide groups is 1. The van der Waals surface area contributed by atoms with Gasteiger partial charge >= 0.3 is 11.9 Å². The van der Waals surface area contributed by atoms with Crippen LogP contribution in [0.4, 0.5) is 5.69 Å². The Hall–Kier alpha value is -5.02. The van der Waals surface area contributed by atoms with Crippen molar-refractivity contribution in [3.05, 3.63) is 120 Å². The average molecular weight is 566 g/mol. The Kier molecular flexibility index (Phi) is 8.07. The SMILES string of the molecule is O=C(COC(=O)c1ccc(N2C(=O)CC(Sc3ccccc3C(=O)O)C2=O)cc1)c1ccc(-c2ccccc2)cc1. The number of ether oxygens (including phenoxy) is 1. The predicted molar refractivity (Wildman–Crippen MR) is 153 cm³/mol. The van der Waals surface area contributed by atoms with Gasteiger partial charge in [0.05, 0.1) is 22.1 Å². The Morgan fingerprint density at radius 3 is 2.07 bits per heavy atom. The maximum Gasteiger partial charge on any atom is 0.338 e. The second-order valence-corrected chi connectivity index (χ2v) is 10.4. The number of nitrogens with zero attached hydrogens (tertiary/aromatic N) is 1. The van der Waals surface area contributed by atoms with Crippen LogP contribution < -0.4 is 4.90 Å². The van der Waals surface area contributed by atoms with Gasteiger partial charge in [-0.05, 0) is 47.5 Å². The van der Waals surface area contributed by atoms with E-state index < -0.39 is 35.6 Å². The Balaban J connectivity index is 1.19. The lowest BCUT2D eigenvalue weighted by atomic mass is 10.0. The van der Waals surface area contributed by atoms with Gasteiger partial charge in [-0.15, -0.1) is 11.8 Å². The molecule has 1 aliphatic heterocycles. The first-order valence-electron chi connectivity index (χ1n) is 12.6. The van der Waals surface area contributed by atoms with Gasteiger partial charge < -0.3 is 9.84 Å². The summed E-state index contributed by atoms with van der Waals surface area (Å²) in [5.41, 5.74) is 2.89. The molecule has 1 heterocycles. The van der Waals surface area contributed by atoms with Crippen LogP contribution in [0, 0.1) is 0 Å². The summed E-state index contributed by atoms with van der Waals surface area (Å²) >= 11 is 1.03. The third-order valence-corrected chi connectivity index (χ3v) is 7.76. The minimum absolute atomic E-state index is 0.0572. The van der Waals surface area contributed by atoms with Crippen LogP contribution in [-0.4, -0.2) is 46.5 Å². The molecule has 1 unspecified atom stereocenters. The summed E-state index contributed by atoms with van der Waals surface area (Å²) in [5, 5.41) is 8.62. The van der Waals surface area contributed by atoms with Gasteiger partial charge in [-0.2, -0.15) is 0 Å². The molecule has 0 saturated carbocycles. The number of carboxylic acid groups (broad SMARTS) is 1. The zero-order valence-electron chi connectivity index (χ0n) is 21.6. The minimum Gasteiger partial charge on any atom is -0.478 e. The number of rotatable bonds is 9. The van der Waals surface area contributed by atoms with E-state index in [0.717, 1.165) is 27.8 Å². The zero-order chi connectivity index (χ0) is 28.9. The molecule has 0 spiro atoms. The van der Waals surface area contributed by atoms with Crippen LogP contribution in [0.3, 0.4) is 0 Å². The van der Waals surface area contributed by atoms with Gasteiger partial charge in [0.2, 0.25) is 11.8 Å². The maximum atomic E-state index is 13.0. The van der Waals surface area contributed by atoms with Crippen LogP contribution in [0.25, 0.3) is 11.1 Å². The van der Waals surface area contributed by atoms with E-state index in [1.807, 2.05) is 42.5 Å². The highest BCUT2D eigenvalue weighted by atomic mass is 32.2. The fourth-order valence-electron chi connectivity index (χ4n) is 4.39. The topological polar surface area (TPSA) is 118 Å². The van der Waals surface area contributed by atoms with Crippen molar-refractivity contribution < 1.29 is 33.8 Å². The van der Waals surface area contributed by atoms with Crippen LogP contribution in [0.15, 0.2) is 108 Å². The molecule has 1 saturated heterocycles. The summed E-state index contributed by atoms with van der Waals surface area (Å²) in [7, 11) is 0. The van der Waals surface area contributed by atoms with Crippen molar-refractivity contribution in [3.8, 4) is 11.1 Å². The molecule has 1 aliphatic rings. The molecule has 204 valence electrons. The second kappa shape index (κ2) is 12.0. The average Bonchev–Trinajstić information content (AvgIpc) is 3.28. The standard InChI is InChI=1S/C32H23NO7S/c34-26(22-12-10-21(11-13-22)20-6-2-1-3-7-20)19-40-32(39)23-14-16-24(17-15-23)33-29(35)18-28(30(33)36)41-27-9-5-4-8-25(27)31(37)38/h1-17,28H,18-19H2,(H,37,38). The lowest BCUT2D eigenvalue weighted by molar-refractivity contribution is -0.121. The van der Waals surface area contributed by atoms with Gasteiger partial charge in [0, 0.05) is 16.9 Å². The van der Waals surface area contributed by atoms with E-state index in [1.165, 1.54) is 30.3 Å². The van der Waals surface area contributed by atoms with Crippen molar-refractivity contribution in [1.29, 1.82) is 0 Å². The minimum atomic E-state index is -1.12. The number of carbonyl (C=O) groups excluding carboxylic acids is 4. The molecule has 0 aromatic heterocycles. The van der Waals surface area contributed by atoms with Crippen molar-refractivity contribution in [2.24, 2.45) is 0 Å². The van der Waals surface area contributed by atoms with Gasteiger partial charge in [0.15, 0.2) is 12.4 Å². The predicted octanol–water partition coefficient (Wildman–Crippen LogP) is 5.52.